The molecule has 2 heterocycles. The van der Waals surface area contributed by atoms with Gasteiger partial charge in [0.1, 0.15) is 17.9 Å². The lowest BCUT2D eigenvalue weighted by Gasteiger charge is -2.07. The van der Waals surface area contributed by atoms with Crippen molar-refractivity contribution >= 4 is 21.8 Å². The SMILES string of the molecule is Cc1noc(CCc2cccc(Br)c2)c1C1=NC(C)(C)CO1. The van der Waals surface area contributed by atoms with Crippen molar-refractivity contribution in [2.24, 2.45) is 4.99 Å². The normalized spacial score (nSPS) is 16.5. The zero-order valence-electron chi connectivity index (χ0n) is 13.0. The second kappa shape index (κ2) is 5.88. The molecule has 4 nitrogen and oxygen atoms in total. The van der Waals surface area contributed by atoms with E-state index in [0.717, 1.165) is 34.3 Å². The highest BCUT2D eigenvalue weighted by Crippen LogP contribution is 2.25. The van der Waals surface area contributed by atoms with E-state index in [0.29, 0.717) is 12.5 Å². The van der Waals surface area contributed by atoms with Crippen molar-refractivity contribution in [3.05, 3.63) is 51.3 Å². The minimum atomic E-state index is -0.180. The van der Waals surface area contributed by atoms with Crippen molar-refractivity contribution in [1.29, 1.82) is 0 Å². The Morgan fingerprint density at radius 1 is 1.27 bits per heavy atom. The number of aryl methyl sites for hydroxylation is 3. The lowest BCUT2D eigenvalue weighted by Crippen LogP contribution is -2.17. The molecule has 0 saturated heterocycles. The summed E-state index contributed by atoms with van der Waals surface area (Å²) in [5.41, 5.74) is 2.82. The second-order valence-electron chi connectivity index (χ2n) is 6.21. The lowest BCUT2D eigenvalue weighted by molar-refractivity contribution is 0.279. The van der Waals surface area contributed by atoms with E-state index in [2.05, 4.69) is 52.1 Å². The van der Waals surface area contributed by atoms with Gasteiger partial charge in [0.25, 0.3) is 0 Å². The van der Waals surface area contributed by atoms with Gasteiger partial charge in [0.05, 0.1) is 11.2 Å². The average molecular weight is 363 g/mol. The van der Waals surface area contributed by atoms with Crippen molar-refractivity contribution in [1.82, 2.24) is 5.16 Å². The number of hydrogen-bond donors (Lipinski definition) is 0. The molecule has 0 N–H and O–H groups in total. The summed E-state index contributed by atoms with van der Waals surface area (Å²) in [7, 11) is 0. The largest absolute Gasteiger partial charge is 0.475 e. The van der Waals surface area contributed by atoms with Gasteiger partial charge in [0, 0.05) is 10.9 Å². The zero-order valence-corrected chi connectivity index (χ0v) is 14.6. The first-order chi connectivity index (χ1) is 10.4. The predicted molar refractivity (Wildman–Crippen MR) is 89.4 cm³/mol. The minimum absolute atomic E-state index is 0.180. The van der Waals surface area contributed by atoms with Crippen LogP contribution in [0.2, 0.25) is 0 Å². The van der Waals surface area contributed by atoms with Crippen LogP contribution in [0.25, 0.3) is 0 Å². The van der Waals surface area contributed by atoms with E-state index in [1.54, 1.807) is 0 Å². The Morgan fingerprint density at radius 3 is 2.77 bits per heavy atom. The molecule has 116 valence electrons. The molecule has 0 radical (unpaired) electrons. The molecule has 3 rings (SSSR count). The summed E-state index contributed by atoms with van der Waals surface area (Å²) in [6, 6.07) is 8.30. The Bertz CT molecular complexity index is 719. The molecule has 0 saturated carbocycles. The Balaban J connectivity index is 1.81. The van der Waals surface area contributed by atoms with Gasteiger partial charge in [-0.05, 0) is 44.9 Å². The van der Waals surface area contributed by atoms with Crippen LogP contribution in [0.1, 0.15) is 36.4 Å². The molecule has 0 aliphatic carbocycles. The van der Waals surface area contributed by atoms with E-state index in [-0.39, 0.29) is 5.54 Å². The van der Waals surface area contributed by atoms with Gasteiger partial charge in [0.2, 0.25) is 5.90 Å². The summed E-state index contributed by atoms with van der Waals surface area (Å²) in [6.07, 6.45) is 1.66. The van der Waals surface area contributed by atoms with Gasteiger partial charge in [-0.15, -0.1) is 0 Å². The van der Waals surface area contributed by atoms with Crippen LogP contribution in [0.15, 0.2) is 38.3 Å². The molecule has 2 aromatic rings. The molecule has 1 aliphatic rings. The van der Waals surface area contributed by atoms with E-state index in [1.807, 2.05) is 19.1 Å². The van der Waals surface area contributed by atoms with Gasteiger partial charge < -0.3 is 9.26 Å². The maximum atomic E-state index is 5.75. The monoisotopic (exact) mass is 362 g/mol. The summed E-state index contributed by atoms with van der Waals surface area (Å²) >= 11 is 3.50. The maximum Gasteiger partial charge on any atom is 0.222 e. The maximum absolute atomic E-state index is 5.75. The van der Waals surface area contributed by atoms with Crippen LogP contribution < -0.4 is 0 Å². The third-order valence-corrected chi connectivity index (χ3v) is 4.14. The van der Waals surface area contributed by atoms with Crippen LogP contribution in [0.5, 0.6) is 0 Å². The molecule has 1 aromatic heterocycles. The quantitative estimate of drug-likeness (QED) is 0.822. The molecule has 1 aromatic carbocycles. The zero-order chi connectivity index (χ0) is 15.7. The third-order valence-electron chi connectivity index (χ3n) is 3.64. The molecular weight excluding hydrogens is 344 g/mol. The number of hydrogen-bond acceptors (Lipinski definition) is 4. The van der Waals surface area contributed by atoms with Gasteiger partial charge in [-0.1, -0.05) is 33.2 Å². The van der Waals surface area contributed by atoms with Gasteiger partial charge in [-0.25, -0.2) is 4.99 Å². The Kier molecular flexibility index (Phi) is 4.08. The van der Waals surface area contributed by atoms with Crippen molar-refractivity contribution in [2.45, 2.75) is 39.2 Å². The number of nitrogens with zero attached hydrogens (tertiary/aromatic N) is 2. The van der Waals surface area contributed by atoms with Crippen molar-refractivity contribution in [3.63, 3.8) is 0 Å². The smallest absolute Gasteiger partial charge is 0.222 e. The first kappa shape index (κ1) is 15.3. The molecule has 0 atom stereocenters. The van der Waals surface area contributed by atoms with Crippen molar-refractivity contribution in [3.8, 4) is 0 Å². The molecule has 0 bridgehead atoms. The molecule has 5 heteroatoms. The Morgan fingerprint density at radius 2 is 2.09 bits per heavy atom. The summed E-state index contributed by atoms with van der Waals surface area (Å²) < 4.78 is 12.3. The van der Waals surface area contributed by atoms with Gasteiger partial charge >= 0.3 is 0 Å². The molecule has 0 spiro atoms. The summed E-state index contributed by atoms with van der Waals surface area (Å²) in [5.74, 6) is 1.50. The Labute approximate surface area is 138 Å². The van der Waals surface area contributed by atoms with Crippen LogP contribution >= 0.6 is 15.9 Å². The molecule has 0 amide bonds. The van der Waals surface area contributed by atoms with E-state index in [9.17, 15) is 0 Å². The molecule has 0 unspecified atom stereocenters. The number of aromatic nitrogens is 1. The van der Waals surface area contributed by atoms with Crippen molar-refractivity contribution in [2.75, 3.05) is 6.61 Å². The fourth-order valence-corrected chi connectivity index (χ4v) is 2.97. The highest BCUT2D eigenvalue weighted by atomic mass is 79.9. The van der Waals surface area contributed by atoms with E-state index < -0.39 is 0 Å². The minimum Gasteiger partial charge on any atom is -0.475 e. The highest BCUT2D eigenvalue weighted by Gasteiger charge is 2.31. The summed E-state index contributed by atoms with van der Waals surface area (Å²) in [5, 5.41) is 4.09. The first-order valence-corrected chi connectivity index (χ1v) is 8.16. The molecule has 22 heavy (non-hydrogen) atoms. The lowest BCUT2D eigenvalue weighted by atomic mass is 10.1. The van der Waals surface area contributed by atoms with Gasteiger partial charge in [-0.3, -0.25) is 0 Å². The number of rotatable bonds is 4. The van der Waals surface area contributed by atoms with Crippen LogP contribution in [0, 0.1) is 6.92 Å². The third kappa shape index (κ3) is 3.24. The van der Waals surface area contributed by atoms with Crippen molar-refractivity contribution < 1.29 is 9.26 Å². The number of aliphatic imine (C=N–C) groups is 1. The standard InChI is InChI=1S/C17H19BrN2O2/c1-11-15(16-19-17(2,3)10-21-16)14(22-20-11)8-7-12-5-4-6-13(18)9-12/h4-6,9H,7-8,10H2,1-3H3. The van der Waals surface area contributed by atoms with Crippen LogP contribution in [-0.2, 0) is 17.6 Å². The van der Waals surface area contributed by atoms with E-state index >= 15 is 0 Å². The first-order valence-electron chi connectivity index (χ1n) is 7.37. The van der Waals surface area contributed by atoms with Crippen LogP contribution in [-0.4, -0.2) is 23.2 Å². The average Bonchev–Trinajstić information content (AvgIpc) is 2.99. The van der Waals surface area contributed by atoms with E-state index in [4.69, 9.17) is 9.26 Å². The molecule has 1 aliphatic heterocycles. The molecule has 0 fully saturated rings. The second-order valence-corrected chi connectivity index (χ2v) is 7.13. The number of ether oxygens (including phenoxy) is 1. The fourth-order valence-electron chi connectivity index (χ4n) is 2.52. The van der Waals surface area contributed by atoms with Crippen LogP contribution in [0.4, 0.5) is 0 Å². The highest BCUT2D eigenvalue weighted by molar-refractivity contribution is 9.10. The topological polar surface area (TPSA) is 47.6 Å². The number of halogens is 1. The predicted octanol–water partition coefficient (Wildman–Crippen LogP) is 4.09. The molecular formula is C17H19BrN2O2. The van der Waals surface area contributed by atoms with Gasteiger partial charge in [0.15, 0.2) is 0 Å². The van der Waals surface area contributed by atoms with Crippen LogP contribution in [0.3, 0.4) is 0 Å². The fraction of sp³-hybridized carbons (Fsp3) is 0.412. The Hall–Kier alpha value is -1.62. The van der Waals surface area contributed by atoms with E-state index in [1.165, 1.54) is 5.56 Å². The summed E-state index contributed by atoms with van der Waals surface area (Å²) in [4.78, 5) is 4.64. The van der Waals surface area contributed by atoms with Gasteiger partial charge in [-0.2, -0.15) is 0 Å². The number of benzene rings is 1. The summed E-state index contributed by atoms with van der Waals surface area (Å²) in [6.45, 7) is 6.64.